The van der Waals surface area contributed by atoms with Gasteiger partial charge < -0.3 is 14.6 Å². The van der Waals surface area contributed by atoms with E-state index in [4.69, 9.17) is 9.72 Å². The van der Waals surface area contributed by atoms with E-state index in [2.05, 4.69) is 46.8 Å². The number of hydrogen-bond donors (Lipinski definition) is 1. The van der Waals surface area contributed by atoms with Crippen LogP contribution in [0.1, 0.15) is 26.6 Å². The molecule has 0 aliphatic heterocycles. The van der Waals surface area contributed by atoms with E-state index in [1.807, 2.05) is 37.3 Å². The molecule has 0 amide bonds. The summed E-state index contributed by atoms with van der Waals surface area (Å²) in [6, 6.07) is 18.3. The number of nitrogens with zero attached hydrogens (tertiary/aromatic N) is 5. The summed E-state index contributed by atoms with van der Waals surface area (Å²) >= 11 is 0. The second-order valence-electron chi connectivity index (χ2n) is 9.37. The van der Waals surface area contributed by atoms with Crippen LogP contribution in [0.3, 0.4) is 0 Å². The number of nitrogens with one attached hydrogen (secondary N) is 1. The minimum Gasteiger partial charge on any atom is -0.494 e. The molecule has 2 aromatic heterocycles. The van der Waals surface area contributed by atoms with Gasteiger partial charge in [-0.3, -0.25) is 0 Å². The Morgan fingerprint density at radius 2 is 1.77 bits per heavy atom. The van der Waals surface area contributed by atoms with Crippen molar-refractivity contribution in [1.29, 1.82) is 0 Å². The first-order valence-electron chi connectivity index (χ1n) is 11.4. The van der Waals surface area contributed by atoms with Gasteiger partial charge in [-0.05, 0) is 76.2 Å². The number of hydrogen-bond acceptors (Lipinski definition) is 5. The average molecular weight is 471 g/mol. The highest BCUT2D eigenvalue weighted by atomic mass is 19.1. The zero-order chi connectivity index (χ0) is 24.7. The van der Waals surface area contributed by atoms with Gasteiger partial charge in [-0.2, -0.15) is 5.10 Å². The Morgan fingerprint density at radius 3 is 2.43 bits per heavy atom. The summed E-state index contributed by atoms with van der Waals surface area (Å²) in [5, 5.41) is 7.88. The van der Waals surface area contributed by atoms with Crippen molar-refractivity contribution in [3.05, 3.63) is 78.6 Å². The van der Waals surface area contributed by atoms with Gasteiger partial charge in [-0.15, -0.1) is 0 Å². The number of para-hydroxylation sites is 1. The lowest BCUT2D eigenvalue weighted by atomic mass is 10.1. The molecule has 8 heteroatoms. The quantitative estimate of drug-likeness (QED) is 0.329. The molecule has 35 heavy (non-hydrogen) atoms. The Bertz CT molecular complexity index is 1510. The number of benzene rings is 3. The van der Waals surface area contributed by atoms with Crippen molar-refractivity contribution >= 4 is 22.4 Å². The van der Waals surface area contributed by atoms with Crippen LogP contribution in [-0.2, 0) is 5.54 Å². The third-order valence-corrected chi connectivity index (χ3v) is 5.77. The van der Waals surface area contributed by atoms with Crippen LogP contribution in [0, 0.1) is 12.7 Å². The van der Waals surface area contributed by atoms with Crippen molar-refractivity contribution in [3.63, 3.8) is 0 Å². The van der Waals surface area contributed by atoms with Gasteiger partial charge in [0.05, 0.1) is 18.3 Å². The van der Waals surface area contributed by atoms with Gasteiger partial charge in [0.15, 0.2) is 0 Å². The largest absolute Gasteiger partial charge is 0.494 e. The van der Waals surface area contributed by atoms with Crippen molar-refractivity contribution in [3.8, 4) is 22.8 Å². The molecule has 0 radical (unpaired) electrons. The predicted octanol–water partition coefficient (Wildman–Crippen LogP) is 6.24. The van der Waals surface area contributed by atoms with Crippen LogP contribution >= 0.6 is 0 Å². The molecule has 5 rings (SSSR count). The first kappa shape index (κ1) is 22.6. The fraction of sp³-hybridized carbons (Fsp3) is 0.222. The molecule has 5 aromatic rings. The summed E-state index contributed by atoms with van der Waals surface area (Å²) in [6.45, 7) is 8.25. The minimum atomic E-state index is -0.270. The maximum absolute atomic E-state index is 13.6. The Kier molecular flexibility index (Phi) is 5.51. The average Bonchev–Trinajstić information content (AvgIpc) is 3.44. The summed E-state index contributed by atoms with van der Waals surface area (Å²) in [7, 11) is 1.63. The van der Waals surface area contributed by atoms with E-state index >= 15 is 0 Å². The summed E-state index contributed by atoms with van der Waals surface area (Å²) in [5.41, 5.74) is 4.95. The molecule has 0 fully saturated rings. The van der Waals surface area contributed by atoms with Crippen LogP contribution in [-0.4, -0.2) is 31.4 Å². The lowest BCUT2D eigenvalue weighted by Crippen LogP contribution is -2.22. The Balaban J connectivity index is 1.59. The van der Waals surface area contributed by atoms with Crippen molar-refractivity contribution in [2.45, 2.75) is 33.2 Å². The number of ether oxygens (including phenoxy) is 1. The van der Waals surface area contributed by atoms with E-state index in [0.717, 1.165) is 39.5 Å². The standard InChI is InChI=1S/C27H27FN6O/c1-17-29-16-33(32-17)22-14-13-20(15-24(22)35-5)30-21-7-6-8-23-25(21)31-26(34(23)27(2,3)4)18-9-11-19(28)12-10-18/h6-16,30H,1-5H3. The first-order valence-corrected chi connectivity index (χ1v) is 11.4. The molecule has 0 bridgehead atoms. The zero-order valence-electron chi connectivity index (χ0n) is 20.4. The first-order chi connectivity index (χ1) is 16.7. The lowest BCUT2D eigenvalue weighted by Gasteiger charge is -2.25. The number of imidazole rings is 1. The molecule has 2 heterocycles. The third kappa shape index (κ3) is 4.23. The number of methoxy groups -OCH3 is 1. The van der Waals surface area contributed by atoms with Gasteiger partial charge in [0.2, 0.25) is 0 Å². The van der Waals surface area contributed by atoms with Crippen molar-refractivity contribution in [2.75, 3.05) is 12.4 Å². The van der Waals surface area contributed by atoms with Gasteiger partial charge >= 0.3 is 0 Å². The second-order valence-corrected chi connectivity index (χ2v) is 9.37. The van der Waals surface area contributed by atoms with Crippen molar-refractivity contribution in [2.24, 2.45) is 0 Å². The van der Waals surface area contributed by atoms with E-state index in [-0.39, 0.29) is 11.4 Å². The number of aryl methyl sites for hydroxylation is 1. The minimum absolute atomic E-state index is 0.238. The highest BCUT2D eigenvalue weighted by Crippen LogP contribution is 2.36. The van der Waals surface area contributed by atoms with Crippen molar-refractivity contribution < 1.29 is 9.13 Å². The molecule has 3 aromatic carbocycles. The lowest BCUT2D eigenvalue weighted by molar-refractivity contribution is 0.412. The summed E-state index contributed by atoms with van der Waals surface area (Å²) in [4.78, 5) is 9.21. The van der Waals surface area contributed by atoms with Crippen LogP contribution < -0.4 is 10.1 Å². The Morgan fingerprint density at radius 1 is 1.00 bits per heavy atom. The van der Waals surface area contributed by atoms with Gasteiger partial charge in [0, 0.05) is 22.9 Å². The topological polar surface area (TPSA) is 69.8 Å². The molecule has 0 saturated heterocycles. The molecule has 0 aliphatic carbocycles. The molecule has 0 spiro atoms. The van der Waals surface area contributed by atoms with Crippen LogP contribution in [0.15, 0.2) is 67.0 Å². The Hall–Kier alpha value is -4.20. The van der Waals surface area contributed by atoms with Gasteiger partial charge in [0.25, 0.3) is 0 Å². The Labute approximate surface area is 203 Å². The van der Waals surface area contributed by atoms with Crippen LogP contribution in [0.2, 0.25) is 0 Å². The van der Waals surface area contributed by atoms with E-state index in [9.17, 15) is 4.39 Å². The zero-order valence-corrected chi connectivity index (χ0v) is 20.4. The van der Waals surface area contributed by atoms with Crippen LogP contribution in [0.25, 0.3) is 28.1 Å². The van der Waals surface area contributed by atoms with Gasteiger partial charge in [-0.25, -0.2) is 19.0 Å². The molecule has 178 valence electrons. The molecule has 0 unspecified atom stereocenters. The molecule has 0 atom stereocenters. The van der Waals surface area contributed by atoms with Crippen LogP contribution in [0.4, 0.5) is 15.8 Å². The smallest absolute Gasteiger partial charge is 0.147 e. The van der Waals surface area contributed by atoms with Gasteiger partial charge in [0.1, 0.15) is 40.7 Å². The normalized spacial score (nSPS) is 11.7. The third-order valence-electron chi connectivity index (χ3n) is 5.77. The highest BCUT2D eigenvalue weighted by molar-refractivity contribution is 5.93. The summed E-state index contributed by atoms with van der Waals surface area (Å²) in [6.07, 6.45) is 1.66. The second kappa shape index (κ2) is 8.54. The maximum Gasteiger partial charge on any atom is 0.147 e. The summed E-state index contributed by atoms with van der Waals surface area (Å²) in [5.74, 6) is 1.87. The number of anilines is 2. The predicted molar refractivity (Wildman–Crippen MR) is 136 cm³/mol. The van der Waals surface area contributed by atoms with E-state index < -0.39 is 0 Å². The fourth-order valence-corrected chi connectivity index (χ4v) is 4.23. The van der Waals surface area contributed by atoms with E-state index in [0.29, 0.717) is 11.6 Å². The molecule has 1 N–H and O–H groups in total. The molecule has 0 aliphatic rings. The molecular weight excluding hydrogens is 443 g/mol. The molecule has 0 saturated carbocycles. The SMILES string of the molecule is COc1cc(Nc2cccc3c2nc(-c2ccc(F)cc2)n3C(C)(C)C)ccc1-n1cnc(C)n1. The fourth-order valence-electron chi connectivity index (χ4n) is 4.23. The van der Waals surface area contributed by atoms with Crippen molar-refractivity contribution in [1.82, 2.24) is 24.3 Å². The number of halogens is 1. The van der Waals surface area contributed by atoms with Gasteiger partial charge in [-0.1, -0.05) is 6.07 Å². The number of aromatic nitrogens is 5. The van der Waals surface area contributed by atoms with E-state index in [1.54, 1.807) is 30.3 Å². The monoisotopic (exact) mass is 470 g/mol. The molecule has 7 nitrogen and oxygen atoms in total. The van der Waals surface area contributed by atoms with Crippen LogP contribution in [0.5, 0.6) is 5.75 Å². The summed E-state index contributed by atoms with van der Waals surface area (Å²) < 4.78 is 23.1. The number of rotatable bonds is 5. The molecular formula is C27H27FN6O. The number of fused-ring (bicyclic) bond motifs is 1. The highest BCUT2D eigenvalue weighted by Gasteiger charge is 2.24. The van der Waals surface area contributed by atoms with E-state index in [1.165, 1.54) is 12.1 Å². The maximum atomic E-state index is 13.6.